The molecule has 6 nitrogen and oxygen atoms in total. The van der Waals surface area contributed by atoms with Gasteiger partial charge in [0.1, 0.15) is 0 Å². The van der Waals surface area contributed by atoms with E-state index in [-0.39, 0.29) is 23.8 Å². The van der Waals surface area contributed by atoms with Crippen LogP contribution in [0.3, 0.4) is 0 Å². The number of likely N-dealkylation sites (tertiary alicyclic amines) is 1. The lowest BCUT2D eigenvalue weighted by atomic mass is 10.0. The van der Waals surface area contributed by atoms with Crippen molar-refractivity contribution in [3.63, 3.8) is 0 Å². The molecule has 0 bridgehead atoms. The molecule has 1 saturated heterocycles. The van der Waals surface area contributed by atoms with Crippen LogP contribution in [0.1, 0.15) is 36.3 Å². The zero-order valence-electron chi connectivity index (χ0n) is 14.0. The monoisotopic (exact) mass is 319 g/mol. The molecule has 0 aliphatic carbocycles. The number of carbonyl (C=O) groups is 2. The van der Waals surface area contributed by atoms with Crippen molar-refractivity contribution in [2.75, 3.05) is 26.8 Å². The summed E-state index contributed by atoms with van der Waals surface area (Å²) < 4.78 is 5.03. The van der Waals surface area contributed by atoms with Crippen LogP contribution in [0, 0.1) is 5.92 Å². The first kappa shape index (κ1) is 17.4. The number of nitrogens with zero attached hydrogens (tertiary/aromatic N) is 2. The van der Waals surface area contributed by atoms with E-state index >= 15 is 0 Å². The fraction of sp³-hybridized carbons (Fsp3) is 0.588. The lowest BCUT2D eigenvalue weighted by Gasteiger charge is -2.16. The molecular weight excluding hydrogens is 294 g/mol. The topological polar surface area (TPSA) is 71.5 Å². The molecule has 0 spiro atoms. The Balaban J connectivity index is 1.96. The van der Waals surface area contributed by atoms with Crippen molar-refractivity contribution < 1.29 is 14.3 Å². The number of methoxy groups -OCH3 is 1. The number of hydrogen-bond acceptors (Lipinski definition) is 4. The zero-order chi connectivity index (χ0) is 16.8. The Morgan fingerprint density at radius 2 is 2.30 bits per heavy atom. The van der Waals surface area contributed by atoms with Gasteiger partial charge in [-0.15, -0.1) is 0 Å². The van der Waals surface area contributed by atoms with Crippen LogP contribution >= 0.6 is 0 Å². The quantitative estimate of drug-likeness (QED) is 0.821. The highest BCUT2D eigenvalue weighted by Crippen LogP contribution is 2.21. The lowest BCUT2D eigenvalue weighted by molar-refractivity contribution is -0.128. The van der Waals surface area contributed by atoms with Crippen LogP contribution in [0.25, 0.3) is 0 Å². The van der Waals surface area contributed by atoms with Gasteiger partial charge < -0.3 is 15.0 Å². The second kappa shape index (κ2) is 8.06. The van der Waals surface area contributed by atoms with Gasteiger partial charge in [0.15, 0.2) is 0 Å². The number of rotatable bonds is 7. The van der Waals surface area contributed by atoms with Crippen molar-refractivity contribution in [2.24, 2.45) is 5.92 Å². The normalized spacial score (nSPS) is 17.8. The molecule has 1 aromatic rings. The molecule has 6 heteroatoms. The smallest absolute Gasteiger partial charge is 0.251 e. The molecule has 0 radical (unpaired) electrons. The van der Waals surface area contributed by atoms with Crippen molar-refractivity contribution in [2.45, 2.75) is 32.7 Å². The summed E-state index contributed by atoms with van der Waals surface area (Å²) in [6, 6.07) is 3.63. The molecule has 1 aromatic heterocycles. The van der Waals surface area contributed by atoms with E-state index in [1.165, 1.54) is 0 Å². The fourth-order valence-corrected chi connectivity index (χ4v) is 2.78. The summed E-state index contributed by atoms with van der Waals surface area (Å²) in [5.74, 6) is 0.323. The Hall–Kier alpha value is -1.95. The largest absolute Gasteiger partial charge is 0.383 e. The van der Waals surface area contributed by atoms with Crippen LogP contribution in [-0.4, -0.2) is 54.5 Å². The van der Waals surface area contributed by atoms with Gasteiger partial charge in [0.05, 0.1) is 6.61 Å². The highest BCUT2D eigenvalue weighted by molar-refractivity contribution is 5.94. The first-order valence-electron chi connectivity index (χ1n) is 8.02. The number of ether oxygens (including phenoxy) is 1. The van der Waals surface area contributed by atoms with E-state index in [9.17, 15) is 9.59 Å². The number of nitrogens with one attached hydrogen (secondary N) is 1. The van der Waals surface area contributed by atoms with Gasteiger partial charge in [0.2, 0.25) is 5.91 Å². The second-order valence-electron chi connectivity index (χ2n) is 6.27. The van der Waals surface area contributed by atoms with Gasteiger partial charge in [-0.05, 0) is 38.3 Å². The molecular formula is C17H25N3O3. The van der Waals surface area contributed by atoms with Crippen LogP contribution in [0.4, 0.5) is 0 Å². The van der Waals surface area contributed by atoms with Crippen LogP contribution in [-0.2, 0) is 16.0 Å². The number of hydrogen-bond donors (Lipinski definition) is 1. The summed E-state index contributed by atoms with van der Waals surface area (Å²) in [4.78, 5) is 30.2. The van der Waals surface area contributed by atoms with E-state index < -0.39 is 0 Å². The minimum absolute atomic E-state index is 0.0899. The van der Waals surface area contributed by atoms with E-state index in [0.29, 0.717) is 31.6 Å². The van der Waals surface area contributed by atoms with E-state index in [0.717, 1.165) is 12.2 Å². The summed E-state index contributed by atoms with van der Waals surface area (Å²) in [6.45, 7) is 5.78. The predicted molar refractivity (Wildman–Crippen MR) is 87.1 cm³/mol. The maximum Gasteiger partial charge on any atom is 0.251 e. The average molecular weight is 319 g/mol. The molecule has 2 heterocycles. The zero-order valence-corrected chi connectivity index (χ0v) is 14.0. The molecule has 1 atom stereocenters. The molecule has 1 aliphatic heterocycles. The van der Waals surface area contributed by atoms with E-state index in [4.69, 9.17) is 4.74 Å². The Morgan fingerprint density at radius 3 is 3.00 bits per heavy atom. The Labute approximate surface area is 137 Å². The van der Waals surface area contributed by atoms with Crippen molar-refractivity contribution in [1.82, 2.24) is 15.2 Å². The number of pyridine rings is 1. The highest BCUT2D eigenvalue weighted by atomic mass is 16.5. The minimum atomic E-state index is -0.0899. The Bertz CT molecular complexity index is 560. The first-order chi connectivity index (χ1) is 11.0. The summed E-state index contributed by atoms with van der Waals surface area (Å²) in [5, 5.41) is 2.87. The van der Waals surface area contributed by atoms with Crippen LogP contribution < -0.4 is 5.32 Å². The summed E-state index contributed by atoms with van der Waals surface area (Å²) in [6.07, 6.45) is 2.90. The standard InChI is InChI=1S/C17H25N3O3/c1-12(2)19-17(22)14-4-5-18-15(10-14)8-13-9-16(21)20(11-13)6-7-23-3/h4-5,10,12-13H,6-9,11H2,1-3H3,(H,19,22)/t13-/m1/s1. The molecule has 0 saturated carbocycles. The second-order valence-corrected chi connectivity index (χ2v) is 6.27. The van der Waals surface area contributed by atoms with E-state index in [2.05, 4.69) is 10.3 Å². The van der Waals surface area contributed by atoms with E-state index in [1.807, 2.05) is 24.8 Å². The minimum Gasteiger partial charge on any atom is -0.383 e. The third-order valence-corrected chi connectivity index (χ3v) is 3.86. The third kappa shape index (κ3) is 5.03. The number of aromatic nitrogens is 1. The van der Waals surface area contributed by atoms with Crippen molar-refractivity contribution in [3.8, 4) is 0 Å². The van der Waals surface area contributed by atoms with Gasteiger partial charge in [0.25, 0.3) is 5.91 Å². The highest BCUT2D eigenvalue weighted by Gasteiger charge is 2.29. The molecule has 23 heavy (non-hydrogen) atoms. The molecule has 1 aliphatic rings. The molecule has 0 aromatic carbocycles. The van der Waals surface area contributed by atoms with Gasteiger partial charge in [0, 0.05) is 50.1 Å². The maximum absolute atomic E-state index is 12.1. The predicted octanol–water partition coefficient (Wildman–Crippen LogP) is 1.26. The molecule has 1 fully saturated rings. The maximum atomic E-state index is 12.1. The van der Waals surface area contributed by atoms with Gasteiger partial charge in [-0.25, -0.2) is 0 Å². The Morgan fingerprint density at radius 1 is 1.52 bits per heavy atom. The van der Waals surface area contributed by atoms with Crippen LogP contribution in [0.5, 0.6) is 0 Å². The lowest BCUT2D eigenvalue weighted by Crippen LogP contribution is -2.30. The van der Waals surface area contributed by atoms with Crippen LogP contribution in [0.2, 0.25) is 0 Å². The van der Waals surface area contributed by atoms with Gasteiger partial charge >= 0.3 is 0 Å². The van der Waals surface area contributed by atoms with Crippen molar-refractivity contribution in [3.05, 3.63) is 29.6 Å². The molecule has 2 rings (SSSR count). The molecule has 126 valence electrons. The van der Waals surface area contributed by atoms with Gasteiger partial charge in [-0.2, -0.15) is 0 Å². The van der Waals surface area contributed by atoms with Crippen molar-refractivity contribution in [1.29, 1.82) is 0 Å². The average Bonchev–Trinajstić information content (AvgIpc) is 2.84. The SMILES string of the molecule is COCCN1C[C@H](Cc2cc(C(=O)NC(C)C)ccn2)CC1=O. The molecule has 0 unspecified atom stereocenters. The van der Waals surface area contributed by atoms with Crippen molar-refractivity contribution >= 4 is 11.8 Å². The van der Waals surface area contributed by atoms with Crippen LogP contribution in [0.15, 0.2) is 18.3 Å². The Kier molecular flexibility index (Phi) is 6.10. The molecule has 1 N–H and O–H groups in total. The number of carbonyl (C=O) groups excluding carboxylic acids is 2. The van der Waals surface area contributed by atoms with Gasteiger partial charge in [-0.1, -0.05) is 0 Å². The molecule has 2 amide bonds. The third-order valence-electron chi connectivity index (χ3n) is 3.86. The summed E-state index contributed by atoms with van der Waals surface area (Å²) >= 11 is 0. The summed E-state index contributed by atoms with van der Waals surface area (Å²) in [5.41, 5.74) is 1.47. The van der Waals surface area contributed by atoms with Gasteiger partial charge in [-0.3, -0.25) is 14.6 Å². The first-order valence-corrected chi connectivity index (χ1v) is 8.02. The number of amides is 2. The fourth-order valence-electron chi connectivity index (χ4n) is 2.78. The van der Waals surface area contributed by atoms with E-state index in [1.54, 1.807) is 19.4 Å². The summed E-state index contributed by atoms with van der Waals surface area (Å²) in [7, 11) is 1.63.